The summed E-state index contributed by atoms with van der Waals surface area (Å²) in [5, 5.41) is 9.68. The number of nitrogen functional groups attached to an aromatic ring is 1. The quantitative estimate of drug-likeness (QED) is 0.359. The molecule has 5 heteroatoms. The molecule has 5 nitrogen and oxygen atoms in total. The van der Waals surface area contributed by atoms with Crippen molar-refractivity contribution in [2.24, 2.45) is 0 Å². The van der Waals surface area contributed by atoms with E-state index in [-0.39, 0.29) is 11.4 Å². The number of esters is 1. The molecule has 0 saturated carbocycles. The smallest absolute Gasteiger partial charge is 0.330 e. The zero-order chi connectivity index (χ0) is 12.8. The molecule has 0 heterocycles. The molecule has 3 N–H and O–H groups in total. The summed E-state index contributed by atoms with van der Waals surface area (Å²) in [5.74, 6) is -0.0663. The van der Waals surface area contributed by atoms with Crippen molar-refractivity contribution in [3.05, 3.63) is 23.8 Å². The fourth-order valence-corrected chi connectivity index (χ4v) is 1.24. The van der Waals surface area contributed by atoms with Crippen molar-refractivity contribution in [3.8, 4) is 11.5 Å². The number of phenols is 1. The number of rotatable bonds is 4. The Labute approximate surface area is 99.5 Å². The molecule has 1 aromatic carbocycles. The van der Waals surface area contributed by atoms with E-state index in [0.717, 1.165) is 0 Å². The Morgan fingerprint density at radius 2 is 2.24 bits per heavy atom. The van der Waals surface area contributed by atoms with Gasteiger partial charge in [0.15, 0.2) is 0 Å². The normalized spacial score (nSPS) is 10.5. The van der Waals surface area contributed by atoms with Crippen LogP contribution >= 0.6 is 0 Å². The van der Waals surface area contributed by atoms with E-state index >= 15 is 0 Å². The molecule has 0 unspecified atom stereocenters. The SMILES string of the molecule is CCOC(=O)/C=C/c1cc(OC)cc(N)c1O. The molecule has 0 bridgehead atoms. The second kappa shape index (κ2) is 5.79. The molecule has 0 fully saturated rings. The fraction of sp³-hybridized carbons (Fsp3) is 0.250. The topological polar surface area (TPSA) is 81.8 Å². The third-order valence-electron chi connectivity index (χ3n) is 2.06. The second-order valence-corrected chi connectivity index (χ2v) is 3.24. The number of anilines is 1. The van der Waals surface area contributed by atoms with Gasteiger partial charge in [0.25, 0.3) is 0 Å². The number of hydrogen-bond donors (Lipinski definition) is 2. The van der Waals surface area contributed by atoms with E-state index in [2.05, 4.69) is 0 Å². The van der Waals surface area contributed by atoms with Gasteiger partial charge in [0.05, 0.1) is 19.4 Å². The molecular weight excluding hydrogens is 222 g/mol. The molecule has 0 aromatic heterocycles. The molecule has 0 radical (unpaired) electrons. The number of benzene rings is 1. The van der Waals surface area contributed by atoms with Crippen LogP contribution in [0.3, 0.4) is 0 Å². The lowest BCUT2D eigenvalue weighted by atomic mass is 10.1. The lowest BCUT2D eigenvalue weighted by Crippen LogP contribution is -1.98. The first-order valence-corrected chi connectivity index (χ1v) is 5.09. The van der Waals surface area contributed by atoms with Gasteiger partial charge in [-0.1, -0.05) is 0 Å². The van der Waals surface area contributed by atoms with Gasteiger partial charge in [-0.2, -0.15) is 0 Å². The van der Waals surface area contributed by atoms with E-state index in [9.17, 15) is 9.90 Å². The van der Waals surface area contributed by atoms with E-state index in [1.807, 2.05) is 0 Å². The highest BCUT2D eigenvalue weighted by Crippen LogP contribution is 2.31. The predicted molar refractivity (Wildman–Crippen MR) is 64.7 cm³/mol. The first-order valence-electron chi connectivity index (χ1n) is 5.09. The predicted octanol–water partition coefficient (Wildman–Crippen LogP) is 1.56. The van der Waals surface area contributed by atoms with Crippen molar-refractivity contribution < 1.29 is 19.4 Å². The highest BCUT2D eigenvalue weighted by molar-refractivity contribution is 5.88. The third kappa shape index (κ3) is 3.41. The summed E-state index contributed by atoms with van der Waals surface area (Å²) in [5.41, 5.74) is 6.17. The van der Waals surface area contributed by atoms with Crippen molar-refractivity contribution in [2.45, 2.75) is 6.92 Å². The van der Waals surface area contributed by atoms with Gasteiger partial charge in [-0.3, -0.25) is 0 Å². The minimum atomic E-state index is -0.478. The van der Waals surface area contributed by atoms with E-state index in [0.29, 0.717) is 17.9 Å². The van der Waals surface area contributed by atoms with Crippen LogP contribution < -0.4 is 10.5 Å². The molecule has 1 aromatic rings. The van der Waals surface area contributed by atoms with Gasteiger partial charge in [0, 0.05) is 17.7 Å². The molecule has 0 aliphatic rings. The van der Waals surface area contributed by atoms with E-state index in [1.54, 1.807) is 13.0 Å². The zero-order valence-electron chi connectivity index (χ0n) is 9.77. The molecule has 0 aliphatic heterocycles. The van der Waals surface area contributed by atoms with Crippen LogP contribution in [0.1, 0.15) is 12.5 Å². The molecule has 0 saturated heterocycles. The van der Waals surface area contributed by atoms with E-state index in [4.69, 9.17) is 15.2 Å². The first kappa shape index (κ1) is 12.9. The monoisotopic (exact) mass is 237 g/mol. The summed E-state index contributed by atoms with van der Waals surface area (Å²) in [6, 6.07) is 3.07. The van der Waals surface area contributed by atoms with Gasteiger partial charge in [0.1, 0.15) is 11.5 Å². The minimum absolute atomic E-state index is 0.0913. The third-order valence-corrected chi connectivity index (χ3v) is 2.06. The van der Waals surface area contributed by atoms with Crippen LogP contribution in [0.5, 0.6) is 11.5 Å². The fourth-order valence-electron chi connectivity index (χ4n) is 1.24. The first-order chi connectivity index (χ1) is 8.08. The Hall–Kier alpha value is -2.17. The van der Waals surface area contributed by atoms with Crippen LogP contribution in [0.4, 0.5) is 5.69 Å². The van der Waals surface area contributed by atoms with Gasteiger partial charge >= 0.3 is 5.97 Å². The second-order valence-electron chi connectivity index (χ2n) is 3.24. The van der Waals surface area contributed by atoms with Gasteiger partial charge in [-0.05, 0) is 19.1 Å². The summed E-state index contributed by atoms with van der Waals surface area (Å²) < 4.78 is 9.72. The molecule has 1 rings (SSSR count). The summed E-state index contributed by atoms with van der Waals surface area (Å²) >= 11 is 0. The molecular formula is C12H15NO4. The number of carbonyl (C=O) groups excluding carboxylic acids is 1. The number of aromatic hydroxyl groups is 1. The molecule has 17 heavy (non-hydrogen) atoms. The maximum Gasteiger partial charge on any atom is 0.330 e. The molecule has 0 aliphatic carbocycles. The van der Waals surface area contributed by atoms with E-state index < -0.39 is 5.97 Å². The van der Waals surface area contributed by atoms with Crippen molar-refractivity contribution in [3.63, 3.8) is 0 Å². The lowest BCUT2D eigenvalue weighted by Gasteiger charge is -2.06. The van der Waals surface area contributed by atoms with Gasteiger partial charge in [-0.25, -0.2) is 4.79 Å². The average molecular weight is 237 g/mol. The number of hydrogen-bond acceptors (Lipinski definition) is 5. The standard InChI is InChI=1S/C12H15NO4/c1-3-17-11(14)5-4-8-6-9(16-2)7-10(13)12(8)15/h4-7,15H,3,13H2,1-2H3/b5-4+. The Bertz CT molecular complexity index is 440. The van der Waals surface area contributed by atoms with Crippen LogP contribution in [-0.2, 0) is 9.53 Å². The Balaban J connectivity index is 2.97. The number of carbonyl (C=O) groups is 1. The van der Waals surface area contributed by atoms with Crippen molar-refractivity contribution in [1.29, 1.82) is 0 Å². The maximum atomic E-state index is 11.1. The summed E-state index contributed by atoms with van der Waals surface area (Å²) in [6.07, 6.45) is 2.64. The van der Waals surface area contributed by atoms with Crippen molar-refractivity contribution in [1.82, 2.24) is 0 Å². The maximum absolute atomic E-state index is 11.1. The van der Waals surface area contributed by atoms with E-state index in [1.165, 1.54) is 25.3 Å². The van der Waals surface area contributed by atoms with Crippen LogP contribution in [0.2, 0.25) is 0 Å². The van der Waals surface area contributed by atoms with Crippen molar-refractivity contribution in [2.75, 3.05) is 19.5 Å². The van der Waals surface area contributed by atoms with Gasteiger partial charge < -0.3 is 20.3 Å². The lowest BCUT2D eigenvalue weighted by molar-refractivity contribution is -0.137. The summed E-state index contributed by atoms with van der Waals surface area (Å²) in [7, 11) is 1.49. The molecule has 0 atom stereocenters. The minimum Gasteiger partial charge on any atom is -0.505 e. The Morgan fingerprint density at radius 3 is 2.82 bits per heavy atom. The van der Waals surface area contributed by atoms with Crippen molar-refractivity contribution >= 4 is 17.7 Å². The molecule has 0 amide bonds. The van der Waals surface area contributed by atoms with Crippen LogP contribution in [-0.4, -0.2) is 24.8 Å². The van der Waals surface area contributed by atoms with Crippen LogP contribution in [0.15, 0.2) is 18.2 Å². The molecule has 92 valence electrons. The average Bonchev–Trinajstić information content (AvgIpc) is 2.31. The van der Waals surface area contributed by atoms with Gasteiger partial charge in [0.2, 0.25) is 0 Å². The summed E-state index contributed by atoms with van der Waals surface area (Å²) in [6.45, 7) is 2.02. The Kier molecular flexibility index (Phi) is 4.39. The highest BCUT2D eigenvalue weighted by Gasteiger charge is 2.06. The number of ether oxygens (including phenoxy) is 2. The highest BCUT2D eigenvalue weighted by atomic mass is 16.5. The zero-order valence-corrected chi connectivity index (χ0v) is 9.77. The number of phenolic OH excluding ortho intramolecular Hbond substituents is 1. The van der Waals surface area contributed by atoms with Crippen LogP contribution in [0.25, 0.3) is 6.08 Å². The molecule has 0 spiro atoms. The largest absolute Gasteiger partial charge is 0.505 e. The van der Waals surface area contributed by atoms with Crippen LogP contribution in [0, 0.1) is 0 Å². The van der Waals surface area contributed by atoms with Gasteiger partial charge in [-0.15, -0.1) is 0 Å². The number of methoxy groups -OCH3 is 1. The Morgan fingerprint density at radius 1 is 1.53 bits per heavy atom. The number of nitrogens with two attached hydrogens (primary N) is 1. The summed E-state index contributed by atoms with van der Waals surface area (Å²) in [4.78, 5) is 11.1.